The van der Waals surface area contributed by atoms with Gasteiger partial charge in [-0.3, -0.25) is 14.9 Å². The summed E-state index contributed by atoms with van der Waals surface area (Å²) in [6, 6.07) is 16.0. The molecule has 2 aromatic carbocycles. The molecular formula is C32H32N4O4. The highest BCUT2D eigenvalue weighted by atomic mass is 16.6. The van der Waals surface area contributed by atoms with Crippen LogP contribution in [0.1, 0.15) is 44.0 Å². The molecule has 3 aliphatic heterocycles. The Hall–Kier alpha value is -4.33. The molecular weight excluding hydrogens is 504 g/mol. The number of ether oxygens (including phenoxy) is 1. The van der Waals surface area contributed by atoms with Crippen molar-refractivity contribution in [1.29, 1.82) is 0 Å². The monoisotopic (exact) mass is 536 g/mol. The maximum absolute atomic E-state index is 13.6. The third kappa shape index (κ3) is 3.62. The number of benzene rings is 2. The van der Waals surface area contributed by atoms with E-state index in [1.54, 1.807) is 0 Å². The highest BCUT2D eigenvalue weighted by Gasteiger charge is 2.48. The number of amides is 3. The van der Waals surface area contributed by atoms with Crippen molar-refractivity contribution < 1.29 is 19.1 Å². The zero-order chi connectivity index (χ0) is 28.0. The van der Waals surface area contributed by atoms with Crippen molar-refractivity contribution in [3.63, 3.8) is 0 Å². The molecule has 1 atom stereocenters. The average molecular weight is 537 g/mol. The minimum Gasteiger partial charge on any atom is -0.444 e. The summed E-state index contributed by atoms with van der Waals surface area (Å²) >= 11 is 0. The Morgan fingerprint density at radius 3 is 2.35 bits per heavy atom. The number of aromatic nitrogens is 2. The molecule has 1 spiro atoms. The predicted octanol–water partition coefficient (Wildman–Crippen LogP) is 4.88. The van der Waals surface area contributed by atoms with E-state index in [2.05, 4.69) is 16.0 Å². The molecule has 204 valence electrons. The van der Waals surface area contributed by atoms with Gasteiger partial charge in [0, 0.05) is 76.9 Å². The average Bonchev–Trinajstić information content (AvgIpc) is 3.68. The van der Waals surface area contributed by atoms with Crippen molar-refractivity contribution in [2.45, 2.75) is 45.8 Å². The molecule has 0 aliphatic carbocycles. The van der Waals surface area contributed by atoms with Crippen LogP contribution in [-0.4, -0.2) is 50.6 Å². The fourth-order valence-electron chi connectivity index (χ4n) is 6.93. The number of aryl methyl sites for hydroxylation is 1. The van der Waals surface area contributed by atoms with Gasteiger partial charge in [-0.2, -0.15) is 0 Å². The van der Waals surface area contributed by atoms with Gasteiger partial charge in [0.15, 0.2) is 0 Å². The Morgan fingerprint density at radius 2 is 1.60 bits per heavy atom. The van der Waals surface area contributed by atoms with Crippen molar-refractivity contribution in [2.24, 2.45) is 12.5 Å². The molecule has 1 N–H and O–H groups in total. The molecule has 5 heterocycles. The van der Waals surface area contributed by atoms with E-state index in [1.807, 2.05) is 85.9 Å². The lowest BCUT2D eigenvalue weighted by atomic mass is 9.83. The number of nitrogens with zero attached hydrogens (tertiary/aromatic N) is 3. The largest absolute Gasteiger partial charge is 0.444 e. The first kappa shape index (κ1) is 24.7. The number of fused-ring (bicyclic) bond motifs is 4. The Balaban J connectivity index is 1.37. The van der Waals surface area contributed by atoms with Crippen LogP contribution < -0.4 is 5.32 Å². The molecule has 1 unspecified atom stereocenters. The van der Waals surface area contributed by atoms with E-state index >= 15 is 0 Å². The van der Waals surface area contributed by atoms with Crippen LogP contribution in [0.4, 0.5) is 4.79 Å². The van der Waals surface area contributed by atoms with Crippen molar-refractivity contribution in [3.8, 4) is 0 Å². The third-order valence-electron chi connectivity index (χ3n) is 8.55. The smallest absolute Gasteiger partial charge is 0.410 e. The molecule has 8 heteroatoms. The first-order valence-corrected chi connectivity index (χ1v) is 13.8. The van der Waals surface area contributed by atoms with Gasteiger partial charge in [-0.15, -0.1) is 0 Å². The zero-order valence-corrected chi connectivity index (χ0v) is 23.2. The molecule has 3 aliphatic rings. The molecule has 2 aromatic heterocycles. The van der Waals surface area contributed by atoms with Gasteiger partial charge in [0.25, 0.3) is 11.8 Å². The predicted molar refractivity (Wildman–Crippen MR) is 153 cm³/mol. The normalized spacial score (nSPS) is 20.9. The lowest BCUT2D eigenvalue weighted by Gasteiger charge is -2.26. The highest BCUT2D eigenvalue weighted by Crippen LogP contribution is 2.49. The van der Waals surface area contributed by atoms with Gasteiger partial charge in [-0.25, -0.2) is 4.79 Å². The number of likely N-dealkylation sites (tertiary alicyclic amines) is 1. The van der Waals surface area contributed by atoms with Crippen molar-refractivity contribution in [2.75, 3.05) is 13.1 Å². The Morgan fingerprint density at radius 1 is 0.925 bits per heavy atom. The number of carbonyl (C=O) groups excluding carboxylic acids is 3. The molecule has 1 fully saturated rings. The highest BCUT2D eigenvalue weighted by molar-refractivity contribution is 6.51. The summed E-state index contributed by atoms with van der Waals surface area (Å²) < 4.78 is 9.96. The molecule has 40 heavy (non-hydrogen) atoms. The van der Waals surface area contributed by atoms with Crippen LogP contribution in [0.5, 0.6) is 0 Å². The minimum atomic E-state index is -0.552. The molecule has 7 rings (SSSR count). The lowest BCUT2D eigenvalue weighted by molar-refractivity contribution is -0.122. The fourth-order valence-corrected chi connectivity index (χ4v) is 6.93. The number of nitrogens with one attached hydrogen (secondary N) is 1. The summed E-state index contributed by atoms with van der Waals surface area (Å²) in [5.41, 5.74) is 4.82. The van der Waals surface area contributed by atoms with Gasteiger partial charge in [0.1, 0.15) is 5.60 Å². The summed E-state index contributed by atoms with van der Waals surface area (Å²) in [6.45, 7) is 7.62. The summed E-state index contributed by atoms with van der Waals surface area (Å²) in [4.78, 5) is 41.7. The summed E-state index contributed by atoms with van der Waals surface area (Å²) in [6.07, 6.45) is 3.22. The zero-order valence-electron chi connectivity index (χ0n) is 23.2. The maximum Gasteiger partial charge on any atom is 0.410 e. The van der Waals surface area contributed by atoms with E-state index in [1.165, 1.54) is 0 Å². The number of rotatable bonds is 2. The topological polar surface area (TPSA) is 85.6 Å². The molecule has 4 aromatic rings. The van der Waals surface area contributed by atoms with Gasteiger partial charge in [-0.1, -0.05) is 36.4 Å². The standard InChI is InChI=1S/C32H32N4O4/c1-31(2,3)40-30(39)35-14-13-32(17-35)15-24-25(20-10-6-8-12-23(20)36(24)18-32)27-26(28(37)33-29(27)38)21-16-34(4)22-11-7-5-9-19(21)22/h5-12,16H,13-15,17-18H2,1-4H3,(H,33,37,38). The van der Waals surface area contributed by atoms with Crippen molar-refractivity contribution in [1.82, 2.24) is 19.4 Å². The van der Waals surface area contributed by atoms with Crippen LogP contribution in [0.2, 0.25) is 0 Å². The van der Waals surface area contributed by atoms with E-state index in [9.17, 15) is 14.4 Å². The van der Waals surface area contributed by atoms with Crippen LogP contribution in [0, 0.1) is 5.41 Å². The summed E-state index contributed by atoms with van der Waals surface area (Å²) in [5, 5.41) is 4.50. The Kier molecular flexibility index (Phi) is 5.15. The van der Waals surface area contributed by atoms with Gasteiger partial charge in [-0.05, 0) is 45.7 Å². The lowest BCUT2D eigenvalue weighted by Crippen LogP contribution is -2.37. The maximum atomic E-state index is 13.6. The van der Waals surface area contributed by atoms with Crippen molar-refractivity contribution >= 4 is 50.9 Å². The fraction of sp³-hybridized carbons (Fsp3) is 0.344. The van der Waals surface area contributed by atoms with Gasteiger partial charge in [0.2, 0.25) is 0 Å². The van der Waals surface area contributed by atoms with Gasteiger partial charge in [0.05, 0.1) is 11.1 Å². The number of imide groups is 1. The molecule has 8 nitrogen and oxygen atoms in total. The Bertz CT molecular complexity index is 1800. The summed E-state index contributed by atoms with van der Waals surface area (Å²) in [7, 11) is 1.95. The quantitative estimate of drug-likeness (QED) is 0.370. The number of hydrogen-bond donors (Lipinski definition) is 1. The molecule has 1 saturated heterocycles. The van der Waals surface area contributed by atoms with Crippen LogP contribution in [0.15, 0.2) is 54.7 Å². The summed E-state index contributed by atoms with van der Waals surface area (Å²) in [5.74, 6) is -0.736. The molecule has 3 amide bonds. The second kappa shape index (κ2) is 8.34. The van der Waals surface area contributed by atoms with E-state index in [4.69, 9.17) is 4.74 Å². The molecule has 0 radical (unpaired) electrons. The van der Waals surface area contributed by atoms with Crippen molar-refractivity contribution in [3.05, 3.63) is 71.5 Å². The number of para-hydroxylation sites is 2. The van der Waals surface area contributed by atoms with Gasteiger partial charge >= 0.3 is 6.09 Å². The first-order valence-electron chi connectivity index (χ1n) is 13.8. The molecule has 0 saturated carbocycles. The first-order chi connectivity index (χ1) is 19.1. The second-order valence-electron chi connectivity index (χ2n) is 12.5. The van der Waals surface area contributed by atoms with Crippen LogP contribution in [0.25, 0.3) is 33.0 Å². The number of carbonyl (C=O) groups is 3. The van der Waals surface area contributed by atoms with Gasteiger partial charge < -0.3 is 18.8 Å². The third-order valence-corrected chi connectivity index (χ3v) is 8.55. The van der Waals surface area contributed by atoms with Crippen LogP contribution in [0.3, 0.4) is 0 Å². The van der Waals surface area contributed by atoms with E-state index in [0.717, 1.165) is 51.6 Å². The number of hydrogen-bond acceptors (Lipinski definition) is 4. The van der Waals surface area contributed by atoms with Crippen LogP contribution >= 0.6 is 0 Å². The SMILES string of the molecule is Cn1cc(C2=C(c3c4n(c5ccccc35)CC3(CCN(C(=O)OC(C)(C)C)C3)C4)C(=O)NC2=O)c2ccccc21. The van der Waals surface area contributed by atoms with Crippen LogP contribution in [-0.2, 0) is 34.3 Å². The molecule has 0 bridgehead atoms. The van der Waals surface area contributed by atoms with E-state index < -0.39 is 5.60 Å². The minimum absolute atomic E-state index is 0.149. The van der Waals surface area contributed by atoms with E-state index in [0.29, 0.717) is 30.7 Å². The Labute approximate surface area is 232 Å². The van der Waals surface area contributed by atoms with E-state index in [-0.39, 0.29) is 23.3 Å². The second-order valence-corrected chi connectivity index (χ2v) is 12.5.